The van der Waals surface area contributed by atoms with Crippen LogP contribution in [0.25, 0.3) is 11.1 Å². The quantitative estimate of drug-likeness (QED) is 0.859. The number of aryl methyl sites for hydroxylation is 1. The van der Waals surface area contributed by atoms with E-state index < -0.39 is 12.0 Å². The summed E-state index contributed by atoms with van der Waals surface area (Å²) in [6.45, 7) is 3.57. The number of aromatic nitrogens is 2. The number of nitrogens with one attached hydrogen (secondary N) is 1. The minimum atomic E-state index is -0.648. The predicted octanol–water partition coefficient (Wildman–Crippen LogP) is 1.64. The van der Waals surface area contributed by atoms with E-state index in [1.165, 1.54) is 0 Å². The second-order valence-electron chi connectivity index (χ2n) is 4.10. The number of aromatic amines is 1. The fraction of sp³-hybridized carbons (Fsp3) is 0.231. The molecule has 1 amide bonds. The highest BCUT2D eigenvalue weighted by Crippen LogP contribution is 2.25. The molecule has 1 atom stereocenters. The van der Waals surface area contributed by atoms with Crippen molar-refractivity contribution >= 4 is 5.91 Å². The van der Waals surface area contributed by atoms with Gasteiger partial charge in [0.1, 0.15) is 5.75 Å². The van der Waals surface area contributed by atoms with Gasteiger partial charge in [-0.05, 0) is 31.5 Å². The number of carbonyl (C=O) groups excluding carboxylic acids is 1. The minimum absolute atomic E-state index is 0.486. The van der Waals surface area contributed by atoms with Crippen LogP contribution in [0.3, 0.4) is 0 Å². The Labute approximate surface area is 105 Å². The summed E-state index contributed by atoms with van der Waals surface area (Å²) in [6.07, 6.45) is 1.11. The molecule has 2 rings (SSSR count). The van der Waals surface area contributed by atoms with Crippen molar-refractivity contribution in [2.45, 2.75) is 20.0 Å². The first-order valence-electron chi connectivity index (χ1n) is 5.64. The van der Waals surface area contributed by atoms with Crippen molar-refractivity contribution < 1.29 is 9.53 Å². The van der Waals surface area contributed by atoms with E-state index in [1.807, 2.05) is 25.1 Å². The Bertz CT molecular complexity index is 563. The largest absolute Gasteiger partial charge is 0.481 e. The second-order valence-corrected chi connectivity index (χ2v) is 4.10. The molecule has 94 valence electrons. The van der Waals surface area contributed by atoms with E-state index in [9.17, 15) is 4.79 Å². The molecule has 3 N–H and O–H groups in total. The van der Waals surface area contributed by atoms with Gasteiger partial charge in [0.15, 0.2) is 6.10 Å². The first kappa shape index (κ1) is 12.2. The average Bonchev–Trinajstić information content (AvgIpc) is 2.75. The Kier molecular flexibility index (Phi) is 3.32. The summed E-state index contributed by atoms with van der Waals surface area (Å²) in [5.41, 5.74) is 8.13. The fourth-order valence-corrected chi connectivity index (χ4v) is 1.64. The normalized spacial score (nSPS) is 12.1. The Morgan fingerprint density at radius 1 is 1.50 bits per heavy atom. The van der Waals surface area contributed by atoms with Gasteiger partial charge in [-0.15, -0.1) is 0 Å². The molecule has 18 heavy (non-hydrogen) atoms. The maximum Gasteiger partial charge on any atom is 0.258 e. The van der Waals surface area contributed by atoms with Crippen LogP contribution < -0.4 is 10.5 Å². The third-order valence-electron chi connectivity index (χ3n) is 2.69. The van der Waals surface area contributed by atoms with Crippen LogP contribution in [-0.2, 0) is 4.79 Å². The van der Waals surface area contributed by atoms with Gasteiger partial charge in [0.2, 0.25) is 0 Å². The third-order valence-corrected chi connectivity index (χ3v) is 2.69. The van der Waals surface area contributed by atoms with Crippen LogP contribution >= 0.6 is 0 Å². The van der Waals surface area contributed by atoms with Crippen LogP contribution in [0.1, 0.15) is 12.6 Å². The van der Waals surface area contributed by atoms with E-state index in [4.69, 9.17) is 10.5 Å². The van der Waals surface area contributed by atoms with Crippen LogP contribution in [-0.4, -0.2) is 22.2 Å². The molecule has 5 heteroatoms. The first-order valence-corrected chi connectivity index (χ1v) is 5.64. The van der Waals surface area contributed by atoms with Crippen molar-refractivity contribution in [3.05, 3.63) is 36.2 Å². The zero-order chi connectivity index (χ0) is 13.1. The molecular formula is C13H15N3O2. The average molecular weight is 245 g/mol. The molecule has 5 nitrogen and oxygen atoms in total. The van der Waals surface area contributed by atoms with E-state index >= 15 is 0 Å². The summed E-state index contributed by atoms with van der Waals surface area (Å²) in [7, 11) is 0. The summed E-state index contributed by atoms with van der Waals surface area (Å²) in [4.78, 5) is 11.0. The molecule has 1 aromatic heterocycles. The van der Waals surface area contributed by atoms with E-state index in [0.717, 1.165) is 16.8 Å². The highest BCUT2D eigenvalue weighted by Gasteiger charge is 2.11. The summed E-state index contributed by atoms with van der Waals surface area (Å²) < 4.78 is 5.45. The lowest BCUT2D eigenvalue weighted by molar-refractivity contribution is -0.123. The lowest BCUT2D eigenvalue weighted by Gasteiger charge is -2.12. The van der Waals surface area contributed by atoms with Gasteiger partial charge < -0.3 is 10.5 Å². The molecule has 0 bridgehead atoms. The van der Waals surface area contributed by atoms with Gasteiger partial charge in [0, 0.05) is 11.3 Å². The highest BCUT2D eigenvalue weighted by molar-refractivity contribution is 5.78. The number of amides is 1. The molecule has 0 aliphatic carbocycles. The molecule has 0 saturated heterocycles. The summed E-state index contributed by atoms with van der Waals surface area (Å²) in [5.74, 6) is 0.124. The zero-order valence-electron chi connectivity index (χ0n) is 10.3. The zero-order valence-corrected chi connectivity index (χ0v) is 10.3. The van der Waals surface area contributed by atoms with E-state index in [-0.39, 0.29) is 0 Å². The highest BCUT2D eigenvalue weighted by atomic mass is 16.5. The first-order chi connectivity index (χ1) is 8.58. The number of hydrogen-bond acceptors (Lipinski definition) is 3. The molecule has 0 radical (unpaired) electrons. The van der Waals surface area contributed by atoms with Crippen molar-refractivity contribution in [1.29, 1.82) is 0 Å². The van der Waals surface area contributed by atoms with Gasteiger partial charge in [0.25, 0.3) is 5.91 Å². The molecule has 0 aliphatic rings. The number of nitrogens with zero attached hydrogens (tertiary/aromatic N) is 1. The minimum Gasteiger partial charge on any atom is -0.481 e. The second kappa shape index (κ2) is 4.91. The van der Waals surface area contributed by atoms with Gasteiger partial charge >= 0.3 is 0 Å². The molecule has 0 unspecified atom stereocenters. The van der Waals surface area contributed by atoms with Gasteiger partial charge in [0.05, 0.1) is 6.20 Å². The molecule has 1 aromatic carbocycles. The Morgan fingerprint density at radius 2 is 2.28 bits per heavy atom. The van der Waals surface area contributed by atoms with Crippen molar-refractivity contribution in [1.82, 2.24) is 10.2 Å². The van der Waals surface area contributed by atoms with Crippen molar-refractivity contribution in [3.63, 3.8) is 0 Å². The molecule has 1 heterocycles. The van der Waals surface area contributed by atoms with Crippen molar-refractivity contribution in [2.24, 2.45) is 5.73 Å². The number of primary amides is 1. The topological polar surface area (TPSA) is 81.0 Å². The van der Waals surface area contributed by atoms with E-state index in [2.05, 4.69) is 10.2 Å². The van der Waals surface area contributed by atoms with Crippen LogP contribution in [0.5, 0.6) is 5.75 Å². The lowest BCUT2D eigenvalue weighted by Crippen LogP contribution is -2.30. The fourth-order valence-electron chi connectivity index (χ4n) is 1.64. The smallest absolute Gasteiger partial charge is 0.258 e. The number of rotatable bonds is 4. The summed E-state index contributed by atoms with van der Waals surface area (Å²) in [6, 6.07) is 7.47. The molecule has 0 spiro atoms. The molecule has 2 aromatic rings. The molecule has 0 fully saturated rings. The van der Waals surface area contributed by atoms with Gasteiger partial charge in [-0.3, -0.25) is 9.89 Å². The van der Waals surface area contributed by atoms with Crippen molar-refractivity contribution in [2.75, 3.05) is 0 Å². The number of hydrogen-bond donors (Lipinski definition) is 2. The Hall–Kier alpha value is -2.30. The summed E-state index contributed by atoms with van der Waals surface area (Å²) >= 11 is 0. The van der Waals surface area contributed by atoms with E-state index in [1.54, 1.807) is 19.2 Å². The van der Waals surface area contributed by atoms with Gasteiger partial charge in [-0.2, -0.15) is 5.10 Å². The number of ether oxygens (including phenoxy) is 1. The molecular weight excluding hydrogens is 230 g/mol. The van der Waals surface area contributed by atoms with Crippen LogP contribution in [0.4, 0.5) is 0 Å². The van der Waals surface area contributed by atoms with E-state index in [0.29, 0.717) is 5.75 Å². The molecule has 0 saturated carbocycles. The van der Waals surface area contributed by atoms with Gasteiger partial charge in [-0.1, -0.05) is 12.1 Å². The third kappa shape index (κ3) is 2.51. The number of H-pyrrole nitrogens is 1. The van der Waals surface area contributed by atoms with Gasteiger partial charge in [-0.25, -0.2) is 0 Å². The SMILES string of the molecule is Cc1[nH]ncc1-c1cccc(O[C@@H](C)C(N)=O)c1. The maximum atomic E-state index is 11.0. The maximum absolute atomic E-state index is 11.0. The number of nitrogens with two attached hydrogens (primary N) is 1. The van der Waals surface area contributed by atoms with Crippen LogP contribution in [0.2, 0.25) is 0 Å². The standard InChI is InChI=1S/C13H15N3O2/c1-8-12(7-15-16-8)10-4-3-5-11(6-10)18-9(2)13(14)17/h3-7,9H,1-2H3,(H2,14,17)(H,15,16)/t9-/m0/s1. The van der Waals surface area contributed by atoms with Crippen LogP contribution in [0.15, 0.2) is 30.5 Å². The lowest BCUT2D eigenvalue weighted by atomic mass is 10.1. The van der Waals surface area contributed by atoms with Crippen LogP contribution in [0, 0.1) is 6.92 Å². The predicted molar refractivity (Wildman–Crippen MR) is 68.0 cm³/mol. The number of carbonyl (C=O) groups is 1. The summed E-state index contributed by atoms with van der Waals surface area (Å²) in [5, 5.41) is 6.86. The Morgan fingerprint density at radius 3 is 2.89 bits per heavy atom. The Balaban J connectivity index is 2.26. The van der Waals surface area contributed by atoms with Crippen molar-refractivity contribution in [3.8, 4) is 16.9 Å². The molecule has 0 aliphatic heterocycles. The monoisotopic (exact) mass is 245 g/mol. The number of benzene rings is 1.